The van der Waals surface area contributed by atoms with Gasteiger partial charge in [0.15, 0.2) is 0 Å². The first-order valence-electron chi connectivity index (χ1n) is 4.69. The van der Waals surface area contributed by atoms with Crippen molar-refractivity contribution in [1.29, 1.82) is 0 Å². The van der Waals surface area contributed by atoms with Gasteiger partial charge < -0.3 is 9.47 Å². The van der Waals surface area contributed by atoms with Crippen LogP contribution < -0.4 is 0 Å². The maximum Gasteiger partial charge on any atom is 0.126 e. The van der Waals surface area contributed by atoms with Gasteiger partial charge in [0.25, 0.3) is 0 Å². The van der Waals surface area contributed by atoms with E-state index in [-0.39, 0.29) is 5.72 Å². The lowest BCUT2D eigenvalue weighted by atomic mass is 10.0. The summed E-state index contributed by atoms with van der Waals surface area (Å²) in [6, 6.07) is 0.558. The molecule has 0 saturated carbocycles. The van der Waals surface area contributed by atoms with E-state index >= 15 is 0 Å². The Kier molecular flexibility index (Phi) is 2.10. The van der Waals surface area contributed by atoms with E-state index in [1.807, 2.05) is 0 Å². The number of hydrogen-bond acceptors (Lipinski definition) is 3. The third-order valence-corrected chi connectivity index (χ3v) is 3.17. The molecule has 0 aliphatic carbocycles. The second-order valence-corrected chi connectivity index (χ2v) is 3.83. The van der Waals surface area contributed by atoms with Crippen LogP contribution in [0.1, 0.15) is 19.8 Å². The molecule has 1 atom stereocenters. The molecule has 1 spiro atoms. The van der Waals surface area contributed by atoms with Gasteiger partial charge in [0.05, 0.1) is 19.8 Å². The highest BCUT2D eigenvalue weighted by Gasteiger charge is 2.44. The average molecular weight is 171 g/mol. The van der Waals surface area contributed by atoms with Crippen LogP contribution >= 0.6 is 0 Å². The average Bonchev–Trinajstić information content (AvgIpc) is 2.37. The largest absolute Gasteiger partial charge is 0.381 e. The van der Waals surface area contributed by atoms with Gasteiger partial charge in [0.1, 0.15) is 5.72 Å². The molecule has 12 heavy (non-hydrogen) atoms. The molecule has 2 fully saturated rings. The van der Waals surface area contributed by atoms with E-state index in [1.54, 1.807) is 0 Å². The molecule has 2 aliphatic rings. The topological polar surface area (TPSA) is 21.7 Å². The lowest BCUT2D eigenvalue weighted by Gasteiger charge is -2.38. The summed E-state index contributed by atoms with van der Waals surface area (Å²) in [5, 5.41) is 0. The highest BCUT2D eigenvalue weighted by molar-refractivity contribution is 4.90. The maximum absolute atomic E-state index is 5.85. The first-order chi connectivity index (χ1) is 5.75. The number of rotatable bonds is 0. The van der Waals surface area contributed by atoms with Gasteiger partial charge in [-0.25, -0.2) is 0 Å². The molecule has 0 aromatic carbocycles. The molecule has 3 nitrogen and oxygen atoms in total. The smallest absolute Gasteiger partial charge is 0.126 e. The Morgan fingerprint density at radius 3 is 2.50 bits per heavy atom. The summed E-state index contributed by atoms with van der Waals surface area (Å²) >= 11 is 0. The lowest BCUT2D eigenvalue weighted by Crippen LogP contribution is -2.48. The minimum Gasteiger partial charge on any atom is -0.381 e. The van der Waals surface area contributed by atoms with Gasteiger partial charge >= 0.3 is 0 Å². The SMILES string of the molecule is CC1COC2(CCOCC2)N1C. The molecular formula is C9H17NO2. The number of nitrogens with zero attached hydrogens (tertiary/aromatic N) is 1. The Morgan fingerprint density at radius 2 is 2.00 bits per heavy atom. The summed E-state index contributed by atoms with van der Waals surface area (Å²) in [6.07, 6.45) is 2.04. The van der Waals surface area contributed by atoms with Crippen molar-refractivity contribution in [1.82, 2.24) is 4.90 Å². The Balaban J connectivity index is 2.09. The first kappa shape index (κ1) is 8.48. The molecule has 0 amide bonds. The molecule has 0 radical (unpaired) electrons. The van der Waals surface area contributed by atoms with Gasteiger partial charge in [-0.2, -0.15) is 0 Å². The Bertz CT molecular complexity index is 160. The van der Waals surface area contributed by atoms with Gasteiger partial charge in [0, 0.05) is 18.9 Å². The molecule has 0 aromatic rings. The fourth-order valence-corrected chi connectivity index (χ4v) is 2.08. The number of likely N-dealkylation sites (N-methyl/N-ethyl adjacent to an activating group) is 1. The van der Waals surface area contributed by atoms with E-state index in [0.29, 0.717) is 6.04 Å². The predicted octanol–water partition coefficient (Wildman–Crippen LogP) is 0.844. The van der Waals surface area contributed by atoms with Crippen molar-refractivity contribution in [2.24, 2.45) is 0 Å². The lowest BCUT2D eigenvalue weighted by molar-refractivity contribution is -0.137. The zero-order valence-corrected chi connectivity index (χ0v) is 7.88. The summed E-state index contributed by atoms with van der Waals surface area (Å²) in [7, 11) is 2.16. The normalized spacial score (nSPS) is 36.0. The van der Waals surface area contributed by atoms with Crippen molar-refractivity contribution in [3.8, 4) is 0 Å². The second-order valence-electron chi connectivity index (χ2n) is 3.83. The van der Waals surface area contributed by atoms with Crippen LogP contribution in [0, 0.1) is 0 Å². The Hall–Kier alpha value is -0.120. The summed E-state index contributed by atoms with van der Waals surface area (Å²) < 4.78 is 11.2. The Morgan fingerprint density at radius 1 is 1.33 bits per heavy atom. The monoisotopic (exact) mass is 171 g/mol. The van der Waals surface area contributed by atoms with Gasteiger partial charge in [-0.15, -0.1) is 0 Å². The van der Waals surface area contributed by atoms with Crippen LogP contribution in [0.4, 0.5) is 0 Å². The van der Waals surface area contributed by atoms with Gasteiger partial charge in [-0.05, 0) is 14.0 Å². The fourth-order valence-electron chi connectivity index (χ4n) is 2.08. The van der Waals surface area contributed by atoms with Crippen LogP contribution in [0.3, 0.4) is 0 Å². The molecule has 1 unspecified atom stereocenters. The molecule has 2 aliphatic heterocycles. The molecule has 70 valence electrons. The van der Waals surface area contributed by atoms with Crippen LogP contribution in [0.2, 0.25) is 0 Å². The van der Waals surface area contributed by atoms with Crippen LogP contribution in [0.25, 0.3) is 0 Å². The number of hydrogen-bond donors (Lipinski definition) is 0. The van der Waals surface area contributed by atoms with E-state index in [2.05, 4.69) is 18.9 Å². The van der Waals surface area contributed by atoms with Crippen molar-refractivity contribution in [3.05, 3.63) is 0 Å². The zero-order chi connectivity index (χ0) is 8.60. The van der Waals surface area contributed by atoms with Crippen molar-refractivity contribution in [3.63, 3.8) is 0 Å². The van der Waals surface area contributed by atoms with Crippen LogP contribution in [0.15, 0.2) is 0 Å². The standard InChI is InChI=1S/C9H17NO2/c1-8-7-12-9(10(8)2)3-5-11-6-4-9/h8H,3-7H2,1-2H3. The summed E-state index contributed by atoms with van der Waals surface area (Å²) in [4.78, 5) is 2.36. The second kappa shape index (κ2) is 2.98. The molecule has 0 N–H and O–H groups in total. The van der Waals surface area contributed by atoms with E-state index in [4.69, 9.17) is 9.47 Å². The van der Waals surface area contributed by atoms with Crippen molar-refractivity contribution < 1.29 is 9.47 Å². The van der Waals surface area contributed by atoms with E-state index < -0.39 is 0 Å². The van der Waals surface area contributed by atoms with E-state index in [9.17, 15) is 0 Å². The van der Waals surface area contributed by atoms with E-state index in [1.165, 1.54) is 0 Å². The molecule has 2 heterocycles. The highest BCUT2D eigenvalue weighted by Crippen LogP contribution is 2.34. The van der Waals surface area contributed by atoms with Gasteiger partial charge in [-0.1, -0.05) is 0 Å². The van der Waals surface area contributed by atoms with Crippen molar-refractivity contribution in [2.75, 3.05) is 26.9 Å². The third kappa shape index (κ3) is 1.16. The predicted molar refractivity (Wildman–Crippen MR) is 46.0 cm³/mol. The third-order valence-electron chi connectivity index (χ3n) is 3.17. The van der Waals surface area contributed by atoms with Crippen LogP contribution in [-0.4, -0.2) is 43.5 Å². The van der Waals surface area contributed by atoms with Gasteiger partial charge in [-0.3, -0.25) is 4.90 Å². The highest BCUT2D eigenvalue weighted by atomic mass is 16.5. The first-order valence-corrected chi connectivity index (χ1v) is 4.69. The molecule has 2 saturated heterocycles. The van der Waals surface area contributed by atoms with Gasteiger partial charge in [0.2, 0.25) is 0 Å². The molecule has 2 rings (SSSR count). The maximum atomic E-state index is 5.85. The van der Waals surface area contributed by atoms with Crippen LogP contribution in [-0.2, 0) is 9.47 Å². The quantitative estimate of drug-likeness (QED) is 0.539. The molecule has 0 bridgehead atoms. The van der Waals surface area contributed by atoms with Crippen molar-refractivity contribution in [2.45, 2.75) is 31.5 Å². The van der Waals surface area contributed by atoms with Crippen molar-refractivity contribution >= 4 is 0 Å². The summed E-state index contributed by atoms with van der Waals surface area (Å²) in [5.74, 6) is 0. The summed E-state index contributed by atoms with van der Waals surface area (Å²) in [6.45, 7) is 4.77. The zero-order valence-electron chi connectivity index (χ0n) is 7.88. The minimum atomic E-state index is 0.0116. The molecular weight excluding hydrogens is 154 g/mol. The minimum absolute atomic E-state index is 0.0116. The summed E-state index contributed by atoms with van der Waals surface area (Å²) in [5.41, 5.74) is 0.0116. The fraction of sp³-hybridized carbons (Fsp3) is 1.00. The van der Waals surface area contributed by atoms with E-state index in [0.717, 1.165) is 32.7 Å². The van der Waals surface area contributed by atoms with Crippen LogP contribution in [0.5, 0.6) is 0 Å². The number of ether oxygens (including phenoxy) is 2. The molecule has 0 aromatic heterocycles. The Labute approximate surface area is 73.6 Å². The molecule has 3 heteroatoms.